The Morgan fingerprint density at radius 3 is 2.64 bits per heavy atom. The van der Waals surface area contributed by atoms with Gasteiger partial charge in [0.15, 0.2) is 0 Å². The third-order valence-electron chi connectivity index (χ3n) is 3.63. The summed E-state index contributed by atoms with van der Waals surface area (Å²) in [4.78, 5) is 2.55. The molecular weight excluding hydrogens is 176 g/mol. The Morgan fingerprint density at radius 1 is 1.36 bits per heavy atom. The van der Waals surface area contributed by atoms with Crippen LogP contribution in [0.2, 0.25) is 0 Å². The third kappa shape index (κ3) is 1.95. The molecule has 0 spiro atoms. The van der Waals surface area contributed by atoms with Crippen LogP contribution in [-0.4, -0.2) is 49.8 Å². The van der Waals surface area contributed by atoms with E-state index in [0.717, 1.165) is 31.6 Å². The number of nitrogens with zero attached hydrogens (tertiary/aromatic N) is 1. The van der Waals surface area contributed by atoms with Crippen molar-refractivity contribution in [1.29, 1.82) is 0 Å². The van der Waals surface area contributed by atoms with E-state index in [1.807, 2.05) is 7.11 Å². The topological polar surface area (TPSA) is 24.5 Å². The van der Waals surface area contributed by atoms with Crippen molar-refractivity contribution in [2.75, 3.05) is 33.3 Å². The van der Waals surface area contributed by atoms with E-state index in [2.05, 4.69) is 24.1 Å². The fourth-order valence-electron chi connectivity index (χ4n) is 2.61. The molecule has 0 radical (unpaired) electrons. The molecule has 0 saturated carbocycles. The van der Waals surface area contributed by atoms with Gasteiger partial charge >= 0.3 is 0 Å². The number of methoxy groups -OCH3 is 1. The van der Waals surface area contributed by atoms with Crippen molar-refractivity contribution in [2.45, 2.75) is 31.9 Å². The summed E-state index contributed by atoms with van der Waals surface area (Å²) in [6, 6.07) is 0.738. The normalized spacial score (nSPS) is 37.9. The zero-order valence-corrected chi connectivity index (χ0v) is 9.55. The molecule has 2 saturated heterocycles. The van der Waals surface area contributed by atoms with Crippen molar-refractivity contribution in [1.82, 2.24) is 10.2 Å². The second-order valence-corrected chi connectivity index (χ2v) is 5.21. The molecule has 2 unspecified atom stereocenters. The zero-order chi connectivity index (χ0) is 10.2. The van der Waals surface area contributed by atoms with Crippen LogP contribution in [0.3, 0.4) is 0 Å². The molecule has 2 aliphatic rings. The molecule has 2 rings (SSSR count). The van der Waals surface area contributed by atoms with E-state index in [1.54, 1.807) is 0 Å². The van der Waals surface area contributed by atoms with E-state index in [0.29, 0.717) is 0 Å². The molecule has 2 fully saturated rings. The Kier molecular flexibility index (Phi) is 2.82. The van der Waals surface area contributed by atoms with Crippen molar-refractivity contribution in [3.8, 4) is 0 Å². The van der Waals surface area contributed by atoms with E-state index in [4.69, 9.17) is 4.74 Å². The Hall–Kier alpha value is -0.120. The van der Waals surface area contributed by atoms with E-state index < -0.39 is 0 Å². The predicted molar refractivity (Wildman–Crippen MR) is 57.4 cm³/mol. The van der Waals surface area contributed by atoms with Gasteiger partial charge in [0.1, 0.15) is 0 Å². The van der Waals surface area contributed by atoms with Crippen LogP contribution in [0.1, 0.15) is 20.3 Å². The summed E-state index contributed by atoms with van der Waals surface area (Å²) in [5.41, 5.74) is 0.126. The maximum Gasteiger partial charge on any atom is 0.0903 e. The highest BCUT2D eigenvalue weighted by Crippen LogP contribution is 2.28. The largest absolute Gasteiger partial charge is 0.376 e. The highest BCUT2D eigenvalue weighted by atomic mass is 16.5. The first-order valence-electron chi connectivity index (χ1n) is 5.63. The second-order valence-electron chi connectivity index (χ2n) is 5.21. The molecule has 3 nitrogen and oxygen atoms in total. The van der Waals surface area contributed by atoms with Gasteiger partial charge in [0.2, 0.25) is 0 Å². The van der Waals surface area contributed by atoms with Gasteiger partial charge in [0, 0.05) is 32.8 Å². The van der Waals surface area contributed by atoms with E-state index in [1.165, 1.54) is 13.0 Å². The molecule has 82 valence electrons. The standard InChI is InChI=1S/C11H22N2O/c1-9-4-10(6-12-5-9)13-7-11(2,8-13)14-3/h9-10,12H,4-8H2,1-3H3. The maximum absolute atomic E-state index is 5.46. The number of hydrogen-bond donors (Lipinski definition) is 1. The van der Waals surface area contributed by atoms with Gasteiger partial charge < -0.3 is 10.1 Å². The lowest BCUT2D eigenvalue weighted by Crippen LogP contribution is -2.66. The minimum atomic E-state index is 0.126. The van der Waals surface area contributed by atoms with Gasteiger partial charge in [-0.1, -0.05) is 6.92 Å². The van der Waals surface area contributed by atoms with Gasteiger partial charge in [0.25, 0.3) is 0 Å². The minimum absolute atomic E-state index is 0.126. The lowest BCUT2D eigenvalue weighted by molar-refractivity contribution is -0.130. The average Bonchev–Trinajstić information content (AvgIpc) is 2.13. The fraction of sp³-hybridized carbons (Fsp3) is 1.00. The Labute approximate surface area is 86.8 Å². The van der Waals surface area contributed by atoms with Crippen LogP contribution in [0.5, 0.6) is 0 Å². The molecule has 2 heterocycles. The van der Waals surface area contributed by atoms with Crippen molar-refractivity contribution in [3.63, 3.8) is 0 Å². The van der Waals surface area contributed by atoms with Crippen molar-refractivity contribution in [3.05, 3.63) is 0 Å². The predicted octanol–water partition coefficient (Wildman–Crippen LogP) is 0.705. The van der Waals surface area contributed by atoms with Gasteiger partial charge in [-0.3, -0.25) is 4.90 Å². The smallest absolute Gasteiger partial charge is 0.0903 e. The summed E-state index contributed by atoms with van der Waals surface area (Å²) in [5, 5.41) is 3.50. The summed E-state index contributed by atoms with van der Waals surface area (Å²) in [6.45, 7) is 9.07. The van der Waals surface area contributed by atoms with Crippen LogP contribution in [0.15, 0.2) is 0 Å². The number of nitrogens with one attached hydrogen (secondary N) is 1. The van der Waals surface area contributed by atoms with Crippen LogP contribution in [-0.2, 0) is 4.74 Å². The molecule has 0 aromatic carbocycles. The third-order valence-corrected chi connectivity index (χ3v) is 3.63. The van der Waals surface area contributed by atoms with Gasteiger partial charge in [-0.05, 0) is 25.8 Å². The molecule has 3 heteroatoms. The first-order chi connectivity index (χ1) is 6.63. The quantitative estimate of drug-likeness (QED) is 0.707. The number of likely N-dealkylation sites (tertiary alicyclic amines) is 1. The van der Waals surface area contributed by atoms with Crippen LogP contribution >= 0.6 is 0 Å². The number of rotatable bonds is 2. The molecule has 0 aromatic rings. The van der Waals surface area contributed by atoms with Crippen LogP contribution in [0.4, 0.5) is 0 Å². The zero-order valence-electron chi connectivity index (χ0n) is 9.55. The molecule has 0 bridgehead atoms. The monoisotopic (exact) mass is 198 g/mol. The van der Waals surface area contributed by atoms with E-state index >= 15 is 0 Å². The van der Waals surface area contributed by atoms with Crippen molar-refractivity contribution >= 4 is 0 Å². The summed E-state index contributed by atoms with van der Waals surface area (Å²) in [7, 11) is 1.82. The van der Waals surface area contributed by atoms with Gasteiger partial charge in [0.05, 0.1) is 5.60 Å². The molecule has 0 amide bonds. The van der Waals surface area contributed by atoms with Crippen LogP contribution in [0, 0.1) is 5.92 Å². The summed E-state index contributed by atoms with van der Waals surface area (Å²) in [5.74, 6) is 0.822. The summed E-state index contributed by atoms with van der Waals surface area (Å²) >= 11 is 0. The Balaban J connectivity index is 1.81. The molecule has 14 heavy (non-hydrogen) atoms. The molecule has 1 N–H and O–H groups in total. The van der Waals surface area contributed by atoms with E-state index in [-0.39, 0.29) is 5.60 Å². The highest BCUT2D eigenvalue weighted by molar-refractivity contribution is 4.98. The Morgan fingerprint density at radius 2 is 2.07 bits per heavy atom. The van der Waals surface area contributed by atoms with Gasteiger partial charge in [-0.2, -0.15) is 0 Å². The summed E-state index contributed by atoms with van der Waals surface area (Å²) in [6.07, 6.45) is 1.34. The molecule has 0 aliphatic carbocycles. The lowest BCUT2D eigenvalue weighted by Gasteiger charge is -2.52. The number of ether oxygens (including phenoxy) is 1. The second kappa shape index (κ2) is 3.80. The minimum Gasteiger partial charge on any atom is -0.376 e. The van der Waals surface area contributed by atoms with Crippen molar-refractivity contribution in [2.24, 2.45) is 5.92 Å². The number of hydrogen-bond acceptors (Lipinski definition) is 3. The molecule has 2 aliphatic heterocycles. The molecule has 0 aromatic heterocycles. The van der Waals surface area contributed by atoms with Crippen LogP contribution in [0.25, 0.3) is 0 Å². The summed E-state index contributed by atoms with van der Waals surface area (Å²) < 4.78 is 5.46. The van der Waals surface area contributed by atoms with Crippen LogP contribution < -0.4 is 5.32 Å². The average molecular weight is 198 g/mol. The van der Waals surface area contributed by atoms with Crippen molar-refractivity contribution < 1.29 is 4.74 Å². The lowest BCUT2D eigenvalue weighted by atomic mass is 9.89. The van der Waals surface area contributed by atoms with E-state index in [9.17, 15) is 0 Å². The number of piperidine rings is 1. The fourth-order valence-corrected chi connectivity index (χ4v) is 2.61. The van der Waals surface area contributed by atoms with Gasteiger partial charge in [-0.25, -0.2) is 0 Å². The SMILES string of the molecule is COC1(C)CN(C2CNCC(C)C2)C1. The maximum atomic E-state index is 5.46. The Bertz CT molecular complexity index is 201. The first kappa shape index (κ1) is 10.4. The molecular formula is C11H22N2O. The first-order valence-corrected chi connectivity index (χ1v) is 5.63. The van der Waals surface area contributed by atoms with Gasteiger partial charge in [-0.15, -0.1) is 0 Å². The molecule has 2 atom stereocenters. The highest BCUT2D eigenvalue weighted by Gasteiger charge is 2.42.